The Hall–Kier alpha value is -2.81. The molecule has 3 rings (SSSR count). The molecule has 2 heterocycles. The number of allylic oxidation sites excluding steroid dienone is 1. The normalized spacial score (nSPS) is 21.8. The van der Waals surface area contributed by atoms with Gasteiger partial charge in [0.25, 0.3) is 5.91 Å². The molecule has 0 saturated carbocycles. The van der Waals surface area contributed by atoms with Crippen LogP contribution in [0.3, 0.4) is 0 Å². The second-order valence-electron chi connectivity index (χ2n) is 6.68. The number of aromatic hydroxyl groups is 1. The van der Waals surface area contributed by atoms with Crippen LogP contribution in [0.4, 0.5) is 0 Å². The maximum atomic E-state index is 13.4. The number of methoxy groups -OCH3 is 2. The van der Waals surface area contributed by atoms with Crippen LogP contribution >= 0.6 is 12.2 Å². The summed E-state index contributed by atoms with van der Waals surface area (Å²) in [6.07, 6.45) is 1.30. The van der Waals surface area contributed by atoms with Crippen LogP contribution in [-0.4, -0.2) is 53.8 Å². The molecule has 0 bridgehead atoms. The molecule has 150 valence electrons. The third-order valence-corrected chi connectivity index (χ3v) is 5.24. The second kappa shape index (κ2) is 8.05. The average Bonchev–Trinajstić information content (AvgIpc) is 3.16. The van der Waals surface area contributed by atoms with Gasteiger partial charge in [-0.3, -0.25) is 4.79 Å². The van der Waals surface area contributed by atoms with Crippen molar-refractivity contribution in [1.29, 1.82) is 0 Å². The number of hydrogen-bond donors (Lipinski definition) is 3. The van der Waals surface area contributed by atoms with E-state index in [2.05, 4.69) is 10.6 Å². The molecule has 0 aromatic heterocycles. The van der Waals surface area contributed by atoms with Gasteiger partial charge in [-0.1, -0.05) is 6.07 Å². The number of nitrogens with zero attached hydrogens (tertiary/aromatic N) is 1. The first-order chi connectivity index (χ1) is 13.4. The zero-order chi connectivity index (χ0) is 20.4. The molecule has 0 aliphatic carbocycles. The summed E-state index contributed by atoms with van der Waals surface area (Å²) in [4.78, 5) is 27.0. The highest BCUT2D eigenvalue weighted by molar-refractivity contribution is 7.80. The van der Waals surface area contributed by atoms with Crippen molar-refractivity contribution in [2.45, 2.75) is 31.8 Å². The number of carbonyl (C=O) groups excluding carboxylic acids is 2. The van der Waals surface area contributed by atoms with E-state index in [0.717, 1.165) is 6.42 Å². The molecule has 1 unspecified atom stereocenters. The van der Waals surface area contributed by atoms with Crippen molar-refractivity contribution in [3.05, 3.63) is 35.0 Å². The van der Waals surface area contributed by atoms with Crippen LogP contribution in [0.15, 0.2) is 29.5 Å². The van der Waals surface area contributed by atoms with Gasteiger partial charge in [0.2, 0.25) is 0 Å². The van der Waals surface area contributed by atoms with Gasteiger partial charge in [0, 0.05) is 12.2 Å². The van der Waals surface area contributed by atoms with E-state index in [4.69, 9.17) is 21.7 Å². The summed E-state index contributed by atoms with van der Waals surface area (Å²) in [5.74, 6) is -0.382. The standard InChI is InChI=1S/C19H23N3O5S/c1-10-15(17(24)22-8-4-5-12(22)18(25)27-3)16(21-19(28)20-10)11-6-7-13(23)14(9-11)26-2/h6-7,9,12,16,23H,4-5,8H2,1-3H3,(H2,20,21,28)/t12-,16?/m0/s1. The van der Waals surface area contributed by atoms with Crippen molar-refractivity contribution in [3.63, 3.8) is 0 Å². The summed E-state index contributed by atoms with van der Waals surface area (Å²) in [6, 6.07) is 3.72. The SMILES string of the molecule is COC(=O)[C@@H]1CCCN1C(=O)C1=C(C)NC(=S)NC1c1ccc(O)c(OC)c1. The smallest absolute Gasteiger partial charge is 0.328 e. The maximum absolute atomic E-state index is 13.4. The van der Waals surface area contributed by atoms with Gasteiger partial charge >= 0.3 is 5.97 Å². The third-order valence-electron chi connectivity index (χ3n) is 5.02. The van der Waals surface area contributed by atoms with Gasteiger partial charge in [0.1, 0.15) is 6.04 Å². The van der Waals surface area contributed by atoms with Crippen molar-refractivity contribution in [1.82, 2.24) is 15.5 Å². The summed E-state index contributed by atoms with van der Waals surface area (Å²) in [5.41, 5.74) is 1.77. The zero-order valence-electron chi connectivity index (χ0n) is 15.9. The number of amides is 1. The maximum Gasteiger partial charge on any atom is 0.328 e. The number of hydrogen-bond acceptors (Lipinski definition) is 6. The quantitative estimate of drug-likeness (QED) is 0.510. The Bertz CT molecular complexity index is 854. The minimum atomic E-state index is -0.596. The van der Waals surface area contributed by atoms with Crippen LogP contribution in [0.5, 0.6) is 11.5 Å². The van der Waals surface area contributed by atoms with Gasteiger partial charge in [0.15, 0.2) is 16.6 Å². The Morgan fingerprint density at radius 1 is 1.32 bits per heavy atom. The van der Waals surface area contributed by atoms with Gasteiger partial charge in [-0.15, -0.1) is 0 Å². The molecular formula is C19H23N3O5S. The van der Waals surface area contributed by atoms with E-state index < -0.39 is 18.1 Å². The van der Waals surface area contributed by atoms with Crippen LogP contribution in [0.25, 0.3) is 0 Å². The number of carbonyl (C=O) groups is 2. The number of esters is 1. The summed E-state index contributed by atoms with van der Waals surface area (Å²) in [5, 5.41) is 16.4. The van der Waals surface area contributed by atoms with E-state index in [1.807, 2.05) is 0 Å². The van der Waals surface area contributed by atoms with Crippen LogP contribution in [0.1, 0.15) is 31.4 Å². The number of thiocarbonyl (C=S) groups is 1. The van der Waals surface area contributed by atoms with Crippen LogP contribution in [0.2, 0.25) is 0 Å². The first-order valence-corrected chi connectivity index (χ1v) is 9.32. The predicted octanol–water partition coefficient (Wildman–Crippen LogP) is 1.36. The molecule has 2 aliphatic rings. The van der Waals surface area contributed by atoms with Crippen LogP contribution in [-0.2, 0) is 14.3 Å². The summed E-state index contributed by atoms with van der Waals surface area (Å²) in [6.45, 7) is 2.25. The Morgan fingerprint density at radius 3 is 2.75 bits per heavy atom. The molecular weight excluding hydrogens is 382 g/mol. The monoisotopic (exact) mass is 405 g/mol. The minimum Gasteiger partial charge on any atom is -0.504 e. The molecule has 9 heteroatoms. The predicted molar refractivity (Wildman–Crippen MR) is 106 cm³/mol. The lowest BCUT2D eigenvalue weighted by Gasteiger charge is -2.33. The Morgan fingerprint density at radius 2 is 2.07 bits per heavy atom. The molecule has 3 N–H and O–H groups in total. The number of rotatable bonds is 4. The van der Waals surface area contributed by atoms with E-state index in [1.165, 1.54) is 20.3 Å². The van der Waals surface area contributed by atoms with Crippen molar-refractivity contribution >= 4 is 29.2 Å². The van der Waals surface area contributed by atoms with Crippen LogP contribution < -0.4 is 15.4 Å². The molecule has 1 aromatic rings. The Balaban J connectivity index is 2.00. The number of likely N-dealkylation sites (tertiary alicyclic amines) is 1. The fourth-order valence-corrected chi connectivity index (χ4v) is 3.92. The van der Waals surface area contributed by atoms with Gasteiger partial charge in [-0.25, -0.2) is 4.79 Å². The van der Waals surface area contributed by atoms with Crippen LogP contribution in [0, 0.1) is 0 Å². The van der Waals surface area contributed by atoms with Crippen molar-refractivity contribution in [2.75, 3.05) is 20.8 Å². The first kappa shape index (κ1) is 19.9. The van der Waals surface area contributed by atoms with Gasteiger partial charge in [-0.2, -0.15) is 0 Å². The summed E-state index contributed by atoms with van der Waals surface area (Å²) < 4.78 is 10.0. The lowest BCUT2D eigenvalue weighted by Crippen LogP contribution is -2.49. The molecule has 28 heavy (non-hydrogen) atoms. The number of phenols is 1. The molecule has 1 saturated heterocycles. The molecule has 0 radical (unpaired) electrons. The molecule has 2 atom stereocenters. The molecule has 2 aliphatic heterocycles. The minimum absolute atomic E-state index is 0.00152. The lowest BCUT2D eigenvalue weighted by molar-refractivity contribution is -0.149. The van der Waals surface area contributed by atoms with E-state index in [9.17, 15) is 14.7 Å². The fraction of sp³-hybridized carbons (Fsp3) is 0.421. The van der Waals surface area contributed by atoms with E-state index >= 15 is 0 Å². The average molecular weight is 405 g/mol. The molecule has 1 amide bonds. The Kier molecular flexibility index (Phi) is 5.73. The van der Waals surface area contributed by atoms with E-state index in [0.29, 0.717) is 40.7 Å². The molecule has 1 fully saturated rings. The second-order valence-corrected chi connectivity index (χ2v) is 7.09. The highest BCUT2D eigenvalue weighted by Gasteiger charge is 2.40. The van der Waals surface area contributed by atoms with Gasteiger partial charge in [0.05, 0.1) is 25.8 Å². The van der Waals surface area contributed by atoms with Gasteiger partial charge in [-0.05, 0) is 49.7 Å². The topological polar surface area (TPSA) is 100 Å². The molecule has 0 spiro atoms. The summed E-state index contributed by atoms with van der Waals surface area (Å²) in [7, 11) is 2.78. The summed E-state index contributed by atoms with van der Waals surface area (Å²) >= 11 is 5.27. The first-order valence-electron chi connectivity index (χ1n) is 8.91. The third kappa shape index (κ3) is 3.62. The van der Waals surface area contributed by atoms with Crippen molar-refractivity contribution < 1.29 is 24.2 Å². The Labute approximate surface area is 168 Å². The number of nitrogens with one attached hydrogen (secondary N) is 2. The highest BCUT2D eigenvalue weighted by Crippen LogP contribution is 2.35. The number of benzene rings is 1. The fourth-order valence-electron chi connectivity index (χ4n) is 3.65. The largest absolute Gasteiger partial charge is 0.504 e. The number of phenolic OH excluding ortho intramolecular Hbond substituents is 1. The van der Waals surface area contributed by atoms with Crippen molar-refractivity contribution in [2.24, 2.45) is 0 Å². The highest BCUT2D eigenvalue weighted by atomic mass is 32.1. The van der Waals surface area contributed by atoms with Crippen molar-refractivity contribution in [3.8, 4) is 11.5 Å². The molecule has 8 nitrogen and oxygen atoms in total. The number of ether oxygens (including phenoxy) is 2. The van der Waals surface area contributed by atoms with Gasteiger partial charge < -0.3 is 30.1 Å². The van der Waals surface area contributed by atoms with E-state index in [-0.39, 0.29) is 11.7 Å². The molecule has 1 aromatic carbocycles. The zero-order valence-corrected chi connectivity index (χ0v) is 16.8. The van der Waals surface area contributed by atoms with E-state index in [1.54, 1.807) is 24.0 Å². The lowest BCUT2D eigenvalue weighted by atomic mass is 9.94.